The summed E-state index contributed by atoms with van der Waals surface area (Å²) < 4.78 is 5.36. The number of carbonyl (C=O) groups is 2. The lowest BCUT2D eigenvalue weighted by molar-refractivity contribution is -0.136. The fraction of sp³-hybridized carbons (Fsp3) is 0.652. The van der Waals surface area contributed by atoms with Gasteiger partial charge in [0.2, 0.25) is 11.8 Å². The standard InChI is InChI=1S/C23H33N3O4/c27-21-7-3-17(4-8-21)13-22(28)24-15-20-6-5-19(26(20)16-18-1-2-18)14-23(29)25-9-11-30-12-10-25/h3-4,7-8,18-20,27H,1-2,5-6,9-16H2,(H,24,28)/t19-,20+/m1/s1. The van der Waals surface area contributed by atoms with Crippen molar-refractivity contribution in [1.29, 1.82) is 0 Å². The lowest BCUT2D eigenvalue weighted by Crippen LogP contribution is -2.47. The molecule has 7 heteroatoms. The average molecular weight is 416 g/mol. The number of amides is 2. The summed E-state index contributed by atoms with van der Waals surface area (Å²) in [5, 5.41) is 12.5. The number of aromatic hydroxyl groups is 1. The molecule has 0 bridgehead atoms. The Morgan fingerprint density at radius 1 is 1.03 bits per heavy atom. The first kappa shape index (κ1) is 21.1. The van der Waals surface area contributed by atoms with Crippen LogP contribution in [0.2, 0.25) is 0 Å². The van der Waals surface area contributed by atoms with Gasteiger partial charge in [0.1, 0.15) is 5.75 Å². The van der Waals surface area contributed by atoms with E-state index in [-0.39, 0.29) is 23.6 Å². The van der Waals surface area contributed by atoms with E-state index in [1.165, 1.54) is 12.8 Å². The van der Waals surface area contributed by atoms with Crippen molar-refractivity contribution in [2.45, 2.75) is 50.6 Å². The van der Waals surface area contributed by atoms with E-state index in [0.717, 1.165) is 30.9 Å². The fourth-order valence-corrected chi connectivity index (χ4v) is 4.59. The largest absolute Gasteiger partial charge is 0.508 e. The van der Waals surface area contributed by atoms with Crippen LogP contribution in [-0.4, -0.2) is 78.2 Å². The summed E-state index contributed by atoms with van der Waals surface area (Å²) in [6.07, 6.45) is 5.48. The molecule has 0 radical (unpaired) electrons. The number of phenolic OH excluding ortho intramolecular Hbond substituents is 1. The normalized spacial score (nSPS) is 24.7. The predicted molar refractivity (Wildman–Crippen MR) is 113 cm³/mol. The third-order valence-corrected chi connectivity index (χ3v) is 6.55. The van der Waals surface area contributed by atoms with Gasteiger partial charge in [-0.2, -0.15) is 0 Å². The van der Waals surface area contributed by atoms with Gasteiger partial charge >= 0.3 is 0 Å². The van der Waals surface area contributed by atoms with E-state index in [1.54, 1.807) is 24.3 Å². The Morgan fingerprint density at radius 3 is 2.43 bits per heavy atom. The van der Waals surface area contributed by atoms with Crippen molar-refractivity contribution < 1.29 is 19.4 Å². The van der Waals surface area contributed by atoms with Crippen LogP contribution in [0.5, 0.6) is 5.75 Å². The molecule has 4 rings (SSSR count). The van der Waals surface area contributed by atoms with Crippen molar-refractivity contribution in [3.8, 4) is 5.75 Å². The Kier molecular flexibility index (Phi) is 6.89. The van der Waals surface area contributed by atoms with Gasteiger partial charge < -0.3 is 20.1 Å². The zero-order chi connectivity index (χ0) is 20.9. The Bertz CT molecular complexity index is 728. The minimum absolute atomic E-state index is 0.0000881. The van der Waals surface area contributed by atoms with Crippen molar-refractivity contribution >= 4 is 11.8 Å². The van der Waals surface area contributed by atoms with Gasteiger partial charge in [-0.3, -0.25) is 14.5 Å². The van der Waals surface area contributed by atoms with Gasteiger partial charge in [-0.05, 0) is 49.3 Å². The molecule has 3 fully saturated rings. The van der Waals surface area contributed by atoms with E-state index >= 15 is 0 Å². The lowest BCUT2D eigenvalue weighted by Gasteiger charge is -2.33. The first-order valence-corrected chi connectivity index (χ1v) is 11.2. The molecule has 3 aliphatic rings. The number of likely N-dealkylation sites (tertiary alicyclic amines) is 1. The third kappa shape index (κ3) is 5.73. The van der Waals surface area contributed by atoms with Crippen LogP contribution >= 0.6 is 0 Å². The number of ether oxygens (including phenoxy) is 1. The molecule has 2 heterocycles. The number of carbonyl (C=O) groups excluding carboxylic acids is 2. The van der Waals surface area contributed by atoms with E-state index in [1.807, 2.05) is 4.90 Å². The lowest BCUT2D eigenvalue weighted by atomic mass is 10.1. The Morgan fingerprint density at radius 2 is 1.73 bits per heavy atom. The van der Waals surface area contributed by atoms with Gasteiger partial charge in [0.25, 0.3) is 0 Å². The smallest absolute Gasteiger partial charge is 0.224 e. The van der Waals surface area contributed by atoms with Crippen LogP contribution in [0.1, 0.15) is 37.7 Å². The maximum atomic E-state index is 12.8. The summed E-state index contributed by atoms with van der Waals surface area (Å²) in [5.41, 5.74) is 0.889. The molecule has 164 valence electrons. The highest BCUT2D eigenvalue weighted by Crippen LogP contribution is 2.35. The van der Waals surface area contributed by atoms with Crippen LogP contribution in [0.15, 0.2) is 24.3 Å². The van der Waals surface area contributed by atoms with E-state index in [4.69, 9.17) is 4.74 Å². The van der Waals surface area contributed by atoms with Gasteiger partial charge in [0.15, 0.2) is 0 Å². The van der Waals surface area contributed by atoms with Gasteiger partial charge in [-0.15, -0.1) is 0 Å². The van der Waals surface area contributed by atoms with Crippen molar-refractivity contribution in [2.75, 3.05) is 39.4 Å². The summed E-state index contributed by atoms with van der Waals surface area (Å²) in [4.78, 5) is 29.6. The highest BCUT2D eigenvalue weighted by Gasteiger charge is 2.38. The Hall–Kier alpha value is -2.12. The average Bonchev–Trinajstić information content (AvgIpc) is 3.50. The molecule has 1 aliphatic carbocycles. The minimum atomic E-state index is -0.0000881. The molecule has 0 spiro atoms. The molecule has 0 unspecified atom stereocenters. The highest BCUT2D eigenvalue weighted by molar-refractivity contribution is 5.78. The monoisotopic (exact) mass is 415 g/mol. The molecule has 2 aliphatic heterocycles. The number of hydrogen-bond acceptors (Lipinski definition) is 5. The van der Waals surface area contributed by atoms with Crippen molar-refractivity contribution in [3.63, 3.8) is 0 Å². The first-order chi connectivity index (χ1) is 14.6. The molecule has 1 aromatic rings. The van der Waals surface area contributed by atoms with Gasteiger partial charge in [0.05, 0.1) is 19.6 Å². The van der Waals surface area contributed by atoms with Crippen molar-refractivity contribution in [1.82, 2.24) is 15.1 Å². The topological polar surface area (TPSA) is 82.1 Å². The number of phenols is 1. The molecule has 1 saturated carbocycles. The van der Waals surface area contributed by atoms with Crippen LogP contribution in [0.3, 0.4) is 0 Å². The summed E-state index contributed by atoms with van der Waals surface area (Å²) in [6.45, 7) is 4.34. The third-order valence-electron chi connectivity index (χ3n) is 6.55. The Labute approximate surface area is 178 Å². The number of nitrogens with zero attached hydrogens (tertiary/aromatic N) is 2. The second-order valence-electron chi connectivity index (χ2n) is 8.87. The quantitative estimate of drug-likeness (QED) is 0.673. The minimum Gasteiger partial charge on any atom is -0.508 e. The van der Waals surface area contributed by atoms with Crippen molar-refractivity contribution in [2.24, 2.45) is 5.92 Å². The summed E-state index contributed by atoms with van der Waals surface area (Å²) in [5.74, 6) is 1.19. The van der Waals surface area contributed by atoms with Gasteiger partial charge in [-0.25, -0.2) is 0 Å². The van der Waals surface area contributed by atoms with Crippen LogP contribution in [0.25, 0.3) is 0 Å². The number of nitrogens with one attached hydrogen (secondary N) is 1. The molecule has 2 amide bonds. The molecule has 2 saturated heterocycles. The number of benzene rings is 1. The molecule has 7 nitrogen and oxygen atoms in total. The zero-order valence-electron chi connectivity index (χ0n) is 17.6. The first-order valence-electron chi connectivity index (χ1n) is 11.2. The molecular formula is C23H33N3O4. The predicted octanol–water partition coefficient (Wildman–Crippen LogP) is 1.54. The van der Waals surface area contributed by atoms with Crippen LogP contribution in [-0.2, 0) is 20.7 Å². The van der Waals surface area contributed by atoms with Gasteiger partial charge in [0, 0.05) is 44.7 Å². The van der Waals surface area contributed by atoms with Gasteiger partial charge in [-0.1, -0.05) is 12.1 Å². The summed E-state index contributed by atoms with van der Waals surface area (Å²) in [7, 11) is 0. The second kappa shape index (κ2) is 9.79. The summed E-state index contributed by atoms with van der Waals surface area (Å²) >= 11 is 0. The van der Waals surface area contributed by atoms with E-state index in [0.29, 0.717) is 51.7 Å². The van der Waals surface area contributed by atoms with Crippen LogP contribution in [0.4, 0.5) is 0 Å². The van der Waals surface area contributed by atoms with E-state index in [9.17, 15) is 14.7 Å². The second-order valence-corrected chi connectivity index (χ2v) is 8.87. The zero-order valence-corrected chi connectivity index (χ0v) is 17.6. The Balaban J connectivity index is 1.29. The van der Waals surface area contributed by atoms with Crippen LogP contribution < -0.4 is 5.32 Å². The highest BCUT2D eigenvalue weighted by atomic mass is 16.5. The van der Waals surface area contributed by atoms with Crippen LogP contribution in [0, 0.1) is 5.92 Å². The number of hydrogen-bond donors (Lipinski definition) is 2. The molecule has 1 aromatic carbocycles. The van der Waals surface area contributed by atoms with Crippen molar-refractivity contribution in [3.05, 3.63) is 29.8 Å². The molecule has 30 heavy (non-hydrogen) atoms. The van der Waals surface area contributed by atoms with E-state index in [2.05, 4.69) is 10.2 Å². The molecule has 0 aromatic heterocycles. The maximum absolute atomic E-state index is 12.8. The maximum Gasteiger partial charge on any atom is 0.224 e. The SMILES string of the molecule is O=C(Cc1ccc(O)cc1)NC[C@@H]1CC[C@H](CC(=O)N2CCOCC2)N1CC1CC1. The fourth-order valence-electron chi connectivity index (χ4n) is 4.59. The molecule has 2 N–H and O–H groups in total. The molecular weight excluding hydrogens is 382 g/mol. The van der Waals surface area contributed by atoms with E-state index < -0.39 is 0 Å². The number of rotatable bonds is 8. The molecule has 2 atom stereocenters. The number of morpholine rings is 1. The summed E-state index contributed by atoms with van der Waals surface area (Å²) in [6, 6.07) is 7.34.